The van der Waals surface area contributed by atoms with Crippen molar-refractivity contribution in [3.63, 3.8) is 0 Å². The van der Waals surface area contributed by atoms with Gasteiger partial charge in [0.1, 0.15) is 12.4 Å². The molecular formula is C14H16ClN3O2. The van der Waals surface area contributed by atoms with E-state index < -0.39 is 0 Å². The van der Waals surface area contributed by atoms with Gasteiger partial charge in [-0.05, 0) is 18.6 Å². The Morgan fingerprint density at radius 1 is 1.45 bits per heavy atom. The van der Waals surface area contributed by atoms with Crippen molar-refractivity contribution < 1.29 is 9.53 Å². The zero-order valence-electron chi connectivity index (χ0n) is 11.3. The number of ether oxygens (including phenoxy) is 1. The molecule has 2 rings (SSSR count). The van der Waals surface area contributed by atoms with E-state index in [0.717, 1.165) is 5.56 Å². The van der Waals surface area contributed by atoms with Gasteiger partial charge in [-0.25, -0.2) is 0 Å². The van der Waals surface area contributed by atoms with E-state index in [4.69, 9.17) is 11.6 Å². The average Bonchev–Trinajstić information content (AvgIpc) is 2.86. The summed E-state index contributed by atoms with van der Waals surface area (Å²) in [4.78, 5) is 11.2. The van der Waals surface area contributed by atoms with Crippen molar-refractivity contribution in [1.82, 2.24) is 9.78 Å². The fraction of sp³-hybridized carbons (Fsp3) is 0.286. The van der Waals surface area contributed by atoms with Crippen LogP contribution in [-0.2, 0) is 16.1 Å². The van der Waals surface area contributed by atoms with Crippen LogP contribution in [0.25, 0.3) is 0 Å². The predicted octanol–water partition coefficient (Wildman–Crippen LogP) is 2.88. The van der Waals surface area contributed by atoms with Crippen molar-refractivity contribution in [1.29, 1.82) is 0 Å². The Bertz CT molecular complexity index is 598. The van der Waals surface area contributed by atoms with Crippen LogP contribution in [0.3, 0.4) is 0 Å². The molecule has 1 aromatic heterocycles. The summed E-state index contributed by atoms with van der Waals surface area (Å²) in [6.45, 7) is 2.10. The lowest BCUT2D eigenvalue weighted by Crippen LogP contribution is -2.13. The monoisotopic (exact) mass is 293 g/mol. The van der Waals surface area contributed by atoms with E-state index in [-0.39, 0.29) is 18.6 Å². The van der Waals surface area contributed by atoms with E-state index in [1.807, 2.05) is 31.2 Å². The lowest BCUT2D eigenvalue weighted by Gasteiger charge is -2.14. The first-order chi connectivity index (χ1) is 9.60. The standard InChI is InChI=1S/C14H16ClN3O2/c1-10(11-5-3-4-6-12(11)15)16-13-7-8-18(17-13)9-14(19)20-2/h3-8,10H,9H2,1-2H3,(H,16,17). The van der Waals surface area contributed by atoms with Crippen LogP contribution < -0.4 is 5.32 Å². The molecule has 0 bridgehead atoms. The molecule has 106 valence electrons. The number of rotatable bonds is 5. The number of halogens is 1. The molecule has 0 aliphatic rings. The highest BCUT2D eigenvalue weighted by Crippen LogP contribution is 2.24. The number of anilines is 1. The minimum absolute atomic E-state index is 0.0187. The first-order valence-corrected chi connectivity index (χ1v) is 6.59. The van der Waals surface area contributed by atoms with Gasteiger partial charge in [-0.15, -0.1) is 0 Å². The first-order valence-electron chi connectivity index (χ1n) is 6.21. The quantitative estimate of drug-likeness (QED) is 0.861. The van der Waals surface area contributed by atoms with Gasteiger partial charge < -0.3 is 10.1 Å². The average molecular weight is 294 g/mol. The zero-order valence-corrected chi connectivity index (χ0v) is 12.1. The van der Waals surface area contributed by atoms with Crippen molar-refractivity contribution in [3.8, 4) is 0 Å². The molecule has 1 N–H and O–H groups in total. The maximum absolute atomic E-state index is 11.2. The van der Waals surface area contributed by atoms with Crippen molar-refractivity contribution in [2.45, 2.75) is 19.5 Å². The maximum Gasteiger partial charge on any atom is 0.327 e. The molecule has 5 nitrogen and oxygen atoms in total. The molecule has 6 heteroatoms. The van der Waals surface area contributed by atoms with Crippen LogP contribution >= 0.6 is 11.6 Å². The van der Waals surface area contributed by atoms with E-state index in [1.165, 1.54) is 11.8 Å². The molecule has 1 atom stereocenters. The van der Waals surface area contributed by atoms with E-state index in [0.29, 0.717) is 10.8 Å². The van der Waals surface area contributed by atoms with E-state index in [2.05, 4.69) is 15.2 Å². The largest absolute Gasteiger partial charge is 0.468 e. The molecule has 0 spiro atoms. The predicted molar refractivity (Wildman–Crippen MR) is 77.7 cm³/mol. The van der Waals surface area contributed by atoms with Crippen molar-refractivity contribution in [3.05, 3.63) is 47.1 Å². The van der Waals surface area contributed by atoms with Gasteiger partial charge in [0.2, 0.25) is 0 Å². The van der Waals surface area contributed by atoms with Gasteiger partial charge >= 0.3 is 5.97 Å². The second-order valence-electron chi connectivity index (χ2n) is 4.36. The SMILES string of the molecule is COC(=O)Cn1ccc(NC(C)c2ccccc2Cl)n1. The summed E-state index contributed by atoms with van der Waals surface area (Å²) in [5.41, 5.74) is 0.997. The van der Waals surface area contributed by atoms with Gasteiger partial charge in [0.25, 0.3) is 0 Å². The number of hydrogen-bond acceptors (Lipinski definition) is 4. The van der Waals surface area contributed by atoms with Gasteiger partial charge in [-0.3, -0.25) is 9.48 Å². The lowest BCUT2D eigenvalue weighted by molar-refractivity contribution is -0.141. The molecule has 0 aliphatic heterocycles. The molecule has 1 unspecified atom stereocenters. The highest BCUT2D eigenvalue weighted by atomic mass is 35.5. The van der Waals surface area contributed by atoms with Crippen LogP contribution in [0, 0.1) is 0 Å². The molecule has 1 heterocycles. The van der Waals surface area contributed by atoms with Gasteiger partial charge in [-0.2, -0.15) is 5.10 Å². The molecule has 0 fully saturated rings. The number of aromatic nitrogens is 2. The smallest absolute Gasteiger partial charge is 0.327 e. The Labute approximate surface area is 122 Å². The Kier molecular flexibility index (Phi) is 4.63. The third-order valence-electron chi connectivity index (χ3n) is 2.90. The number of benzene rings is 1. The number of hydrogen-bond donors (Lipinski definition) is 1. The first kappa shape index (κ1) is 14.4. The van der Waals surface area contributed by atoms with E-state index >= 15 is 0 Å². The van der Waals surface area contributed by atoms with Crippen molar-refractivity contribution in [2.24, 2.45) is 0 Å². The normalized spacial score (nSPS) is 11.9. The number of carbonyl (C=O) groups is 1. The van der Waals surface area contributed by atoms with E-state index in [9.17, 15) is 4.79 Å². The van der Waals surface area contributed by atoms with Crippen molar-refractivity contribution in [2.75, 3.05) is 12.4 Å². The van der Waals surface area contributed by atoms with Crippen LogP contribution in [0.2, 0.25) is 5.02 Å². The molecule has 0 saturated carbocycles. The Balaban J connectivity index is 2.03. The number of methoxy groups -OCH3 is 1. The zero-order chi connectivity index (χ0) is 14.5. The Hall–Kier alpha value is -2.01. The summed E-state index contributed by atoms with van der Waals surface area (Å²) in [5.74, 6) is 0.347. The summed E-state index contributed by atoms with van der Waals surface area (Å²) in [7, 11) is 1.35. The summed E-state index contributed by atoms with van der Waals surface area (Å²) < 4.78 is 6.11. The second kappa shape index (κ2) is 6.43. The van der Waals surface area contributed by atoms with Gasteiger partial charge in [0, 0.05) is 17.3 Å². The van der Waals surface area contributed by atoms with Crippen LogP contribution in [0.4, 0.5) is 5.82 Å². The van der Waals surface area contributed by atoms with E-state index in [1.54, 1.807) is 12.3 Å². The van der Waals surface area contributed by atoms with Gasteiger partial charge in [0.15, 0.2) is 0 Å². The van der Waals surface area contributed by atoms with Crippen LogP contribution in [0.1, 0.15) is 18.5 Å². The third kappa shape index (κ3) is 3.51. The summed E-state index contributed by atoms with van der Waals surface area (Å²) >= 11 is 6.15. The van der Waals surface area contributed by atoms with Gasteiger partial charge in [0.05, 0.1) is 13.2 Å². The topological polar surface area (TPSA) is 56.1 Å². The Morgan fingerprint density at radius 3 is 2.90 bits per heavy atom. The highest BCUT2D eigenvalue weighted by molar-refractivity contribution is 6.31. The summed E-state index contributed by atoms with van der Waals surface area (Å²) in [6, 6.07) is 9.47. The summed E-state index contributed by atoms with van der Waals surface area (Å²) in [5, 5.41) is 8.21. The molecule has 0 aliphatic carbocycles. The minimum Gasteiger partial charge on any atom is -0.468 e. The second-order valence-corrected chi connectivity index (χ2v) is 4.77. The molecule has 0 radical (unpaired) electrons. The number of carbonyl (C=O) groups excluding carboxylic acids is 1. The maximum atomic E-state index is 11.2. The fourth-order valence-electron chi connectivity index (χ4n) is 1.85. The number of nitrogens with zero attached hydrogens (tertiary/aromatic N) is 2. The Morgan fingerprint density at radius 2 is 2.20 bits per heavy atom. The van der Waals surface area contributed by atoms with Crippen LogP contribution in [0.15, 0.2) is 36.5 Å². The lowest BCUT2D eigenvalue weighted by atomic mass is 10.1. The molecule has 0 amide bonds. The highest BCUT2D eigenvalue weighted by Gasteiger charge is 2.11. The number of nitrogens with one attached hydrogen (secondary N) is 1. The summed E-state index contributed by atoms with van der Waals surface area (Å²) in [6.07, 6.45) is 1.72. The van der Waals surface area contributed by atoms with Crippen LogP contribution in [-0.4, -0.2) is 22.9 Å². The molecule has 0 saturated heterocycles. The van der Waals surface area contributed by atoms with Gasteiger partial charge in [-0.1, -0.05) is 29.8 Å². The number of esters is 1. The van der Waals surface area contributed by atoms with Crippen molar-refractivity contribution >= 4 is 23.4 Å². The molecule has 2 aromatic rings. The molecule has 20 heavy (non-hydrogen) atoms. The molecular weight excluding hydrogens is 278 g/mol. The molecule has 1 aromatic carbocycles. The third-order valence-corrected chi connectivity index (χ3v) is 3.24. The van der Waals surface area contributed by atoms with Crippen LogP contribution in [0.5, 0.6) is 0 Å². The minimum atomic E-state index is -0.334. The fourth-order valence-corrected chi connectivity index (χ4v) is 2.15.